The molecule has 84 valence electrons. The molecule has 0 radical (unpaired) electrons. The highest BCUT2D eigenvalue weighted by molar-refractivity contribution is 5.85. The Kier molecular flexibility index (Phi) is 6.89. The quantitative estimate of drug-likeness (QED) is 0.827. The van der Waals surface area contributed by atoms with Crippen molar-refractivity contribution in [1.29, 1.82) is 0 Å². The normalized spacial score (nSPS) is 9.00. The first-order valence-electron chi connectivity index (χ1n) is 5.12. The zero-order valence-electron chi connectivity index (χ0n) is 9.71. The number of halogens is 1. The summed E-state index contributed by atoms with van der Waals surface area (Å²) in [7, 11) is 0. The van der Waals surface area contributed by atoms with Crippen LogP contribution in [-0.4, -0.2) is 6.54 Å². The Morgan fingerprint density at radius 2 is 1.67 bits per heavy atom. The molecule has 15 heavy (non-hydrogen) atoms. The predicted octanol–water partition coefficient (Wildman–Crippen LogP) is 3.55. The minimum atomic E-state index is 0. The first kappa shape index (κ1) is 14.1. The first-order valence-corrected chi connectivity index (χ1v) is 5.12. The van der Waals surface area contributed by atoms with Crippen molar-refractivity contribution in [3.05, 3.63) is 47.2 Å². The van der Waals surface area contributed by atoms with Crippen molar-refractivity contribution >= 4 is 12.4 Å². The van der Waals surface area contributed by atoms with Crippen LogP contribution in [0.2, 0.25) is 0 Å². The monoisotopic (exact) mass is 225 g/mol. The Hall–Kier alpha value is -0.950. The Bertz CT molecular complexity index is 300. The van der Waals surface area contributed by atoms with Crippen LogP contribution in [0.3, 0.4) is 0 Å². The molecule has 0 fully saturated rings. The van der Waals surface area contributed by atoms with Gasteiger partial charge in [-0.05, 0) is 32.8 Å². The smallest absolute Gasteiger partial charge is 0.0184 e. The molecule has 1 rings (SSSR count). The van der Waals surface area contributed by atoms with Gasteiger partial charge in [-0.2, -0.15) is 0 Å². The maximum Gasteiger partial charge on any atom is 0.0184 e. The summed E-state index contributed by atoms with van der Waals surface area (Å²) in [6.07, 6.45) is 1.09. The van der Waals surface area contributed by atoms with Crippen LogP contribution < -0.4 is 5.32 Å². The Morgan fingerprint density at radius 1 is 1.07 bits per heavy atom. The third kappa shape index (κ3) is 5.48. The molecule has 1 N–H and O–H groups in total. The maximum atomic E-state index is 3.41. The van der Waals surface area contributed by atoms with Crippen LogP contribution in [0.5, 0.6) is 0 Å². The number of benzene rings is 1. The lowest BCUT2D eigenvalue weighted by Crippen LogP contribution is -2.15. The molecule has 1 aromatic rings. The molecule has 0 unspecified atom stereocenters. The first-order chi connectivity index (χ1) is 6.70. The molecule has 1 aromatic carbocycles. The van der Waals surface area contributed by atoms with Crippen LogP contribution in [0.4, 0.5) is 0 Å². The summed E-state index contributed by atoms with van der Waals surface area (Å²) in [6, 6.07) is 10.6. The van der Waals surface area contributed by atoms with Gasteiger partial charge in [0.2, 0.25) is 0 Å². The van der Waals surface area contributed by atoms with Crippen molar-refractivity contribution < 1.29 is 0 Å². The van der Waals surface area contributed by atoms with E-state index >= 15 is 0 Å². The lowest BCUT2D eigenvalue weighted by Gasteiger charge is -2.08. The van der Waals surface area contributed by atoms with Crippen LogP contribution in [0.15, 0.2) is 41.6 Å². The lowest BCUT2D eigenvalue weighted by atomic mass is 10.1. The topological polar surface area (TPSA) is 12.0 Å². The maximum absolute atomic E-state index is 3.41. The third-order valence-electron chi connectivity index (χ3n) is 2.40. The Balaban J connectivity index is 0.00000196. The van der Waals surface area contributed by atoms with Crippen molar-refractivity contribution in [2.24, 2.45) is 0 Å². The summed E-state index contributed by atoms with van der Waals surface area (Å²) >= 11 is 0. The van der Waals surface area contributed by atoms with Gasteiger partial charge in [0, 0.05) is 12.2 Å². The molecular weight excluding hydrogens is 206 g/mol. The minimum absolute atomic E-state index is 0. The summed E-state index contributed by atoms with van der Waals surface area (Å²) in [5.74, 6) is 0. The minimum Gasteiger partial charge on any atom is -0.388 e. The van der Waals surface area contributed by atoms with Gasteiger partial charge in [0.15, 0.2) is 0 Å². The molecule has 0 heterocycles. The van der Waals surface area contributed by atoms with Gasteiger partial charge in [-0.1, -0.05) is 35.9 Å². The molecule has 2 heteroatoms. The van der Waals surface area contributed by atoms with Crippen LogP contribution in [-0.2, 0) is 6.42 Å². The Morgan fingerprint density at radius 3 is 2.20 bits per heavy atom. The lowest BCUT2D eigenvalue weighted by molar-refractivity contribution is 0.778. The zero-order valence-corrected chi connectivity index (χ0v) is 10.5. The number of hydrogen-bond donors (Lipinski definition) is 1. The predicted molar refractivity (Wildman–Crippen MR) is 69.4 cm³/mol. The van der Waals surface area contributed by atoms with Gasteiger partial charge in [-0.3, -0.25) is 0 Å². The SMILES string of the molecule is CC(C)=C(C)NCCc1ccccc1.Cl. The number of nitrogens with one attached hydrogen (secondary N) is 1. The second-order valence-electron chi connectivity index (χ2n) is 3.79. The van der Waals surface area contributed by atoms with Crippen molar-refractivity contribution in [2.45, 2.75) is 27.2 Å². The molecule has 0 spiro atoms. The second kappa shape index (κ2) is 7.36. The van der Waals surface area contributed by atoms with Crippen LogP contribution in [0.1, 0.15) is 26.3 Å². The summed E-state index contributed by atoms with van der Waals surface area (Å²) in [6.45, 7) is 7.40. The zero-order chi connectivity index (χ0) is 10.4. The average Bonchev–Trinajstić information content (AvgIpc) is 2.19. The highest BCUT2D eigenvalue weighted by atomic mass is 35.5. The number of allylic oxidation sites excluding steroid dienone is 2. The largest absolute Gasteiger partial charge is 0.388 e. The summed E-state index contributed by atoms with van der Waals surface area (Å²) in [4.78, 5) is 0. The Labute approximate surface area is 99.0 Å². The van der Waals surface area contributed by atoms with E-state index in [0.29, 0.717) is 0 Å². The molecule has 1 nitrogen and oxygen atoms in total. The molecule has 0 atom stereocenters. The van der Waals surface area contributed by atoms with E-state index in [1.165, 1.54) is 16.8 Å². The summed E-state index contributed by atoms with van der Waals surface area (Å²) in [5, 5.41) is 3.41. The molecule has 0 aliphatic carbocycles. The standard InChI is InChI=1S/C13H19N.ClH/c1-11(2)12(3)14-10-9-13-7-5-4-6-8-13;/h4-8,14H,9-10H2,1-3H3;1H. The fourth-order valence-corrected chi connectivity index (χ4v) is 1.22. The van der Waals surface area contributed by atoms with E-state index in [1.807, 2.05) is 0 Å². The van der Waals surface area contributed by atoms with E-state index in [2.05, 4.69) is 56.4 Å². The summed E-state index contributed by atoms with van der Waals surface area (Å²) < 4.78 is 0. The van der Waals surface area contributed by atoms with Crippen molar-refractivity contribution in [3.8, 4) is 0 Å². The molecule has 0 aromatic heterocycles. The van der Waals surface area contributed by atoms with E-state index in [-0.39, 0.29) is 12.4 Å². The van der Waals surface area contributed by atoms with Crippen LogP contribution in [0.25, 0.3) is 0 Å². The van der Waals surface area contributed by atoms with Gasteiger partial charge >= 0.3 is 0 Å². The van der Waals surface area contributed by atoms with Gasteiger partial charge in [-0.25, -0.2) is 0 Å². The third-order valence-corrected chi connectivity index (χ3v) is 2.40. The second-order valence-corrected chi connectivity index (χ2v) is 3.79. The fraction of sp³-hybridized carbons (Fsp3) is 0.385. The van der Waals surface area contributed by atoms with E-state index in [4.69, 9.17) is 0 Å². The van der Waals surface area contributed by atoms with E-state index in [1.54, 1.807) is 0 Å². The molecule has 0 saturated carbocycles. The van der Waals surface area contributed by atoms with Gasteiger partial charge in [0.25, 0.3) is 0 Å². The molecule has 0 aliphatic rings. The van der Waals surface area contributed by atoms with Crippen molar-refractivity contribution in [2.75, 3.05) is 6.54 Å². The highest BCUT2D eigenvalue weighted by Gasteiger charge is 1.92. The van der Waals surface area contributed by atoms with Gasteiger partial charge < -0.3 is 5.32 Å². The van der Waals surface area contributed by atoms with E-state index in [9.17, 15) is 0 Å². The van der Waals surface area contributed by atoms with Gasteiger partial charge in [-0.15, -0.1) is 12.4 Å². The molecule has 0 aliphatic heterocycles. The number of rotatable bonds is 4. The van der Waals surface area contributed by atoms with Crippen LogP contribution in [0, 0.1) is 0 Å². The van der Waals surface area contributed by atoms with Crippen LogP contribution >= 0.6 is 12.4 Å². The fourth-order valence-electron chi connectivity index (χ4n) is 1.22. The van der Waals surface area contributed by atoms with E-state index in [0.717, 1.165) is 13.0 Å². The summed E-state index contributed by atoms with van der Waals surface area (Å²) in [5.41, 5.74) is 4.04. The van der Waals surface area contributed by atoms with Gasteiger partial charge in [0.1, 0.15) is 0 Å². The van der Waals surface area contributed by atoms with Crippen molar-refractivity contribution in [1.82, 2.24) is 5.32 Å². The van der Waals surface area contributed by atoms with Crippen molar-refractivity contribution in [3.63, 3.8) is 0 Å². The number of hydrogen-bond acceptors (Lipinski definition) is 1. The van der Waals surface area contributed by atoms with E-state index < -0.39 is 0 Å². The molecular formula is C13H20ClN. The molecule has 0 bridgehead atoms. The molecule has 0 amide bonds. The average molecular weight is 226 g/mol. The van der Waals surface area contributed by atoms with Gasteiger partial charge in [0.05, 0.1) is 0 Å². The molecule has 0 saturated heterocycles. The highest BCUT2D eigenvalue weighted by Crippen LogP contribution is 2.00.